The maximum absolute atomic E-state index is 5.31. The molecule has 0 radical (unpaired) electrons. The lowest BCUT2D eigenvalue weighted by Gasteiger charge is -2.22. The fraction of sp³-hybridized carbons (Fsp3) is 0.120. The van der Waals surface area contributed by atoms with Gasteiger partial charge in [-0.3, -0.25) is 0 Å². The summed E-state index contributed by atoms with van der Waals surface area (Å²) in [5.74, 6) is 0.729. The van der Waals surface area contributed by atoms with Crippen molar-refractivity contribution >= 4 is 32.7 Å². The Kier molecular flexibility index (Phi) is 6.07. The van der Waals surface area contributed by atoms with E-state index in [9.17, 15) is 0 Å². The Morgan fingerprint density at radius 3 is 1.75 bits per heavy atom. The highest BCUT2D eigenvalue weighted by Crippen LogP contribution is 2.52. The molecular weight excluding hydrogens is 643 g/mol. The van der Waals surface area contributed by atoms with Crippen LogP contribution in [0, 0.1) is 0 Å². The van der Waals surface area contributed by atoms with Gasteiger partial charge in [0.25, 0.3) is 0 Å². The number of para-hydroxylation sites is 2. The molecule has 53 heavy (non-hydrogen) atoms. The lowest BCUT2D eigenvalue weighted by Crippen LogP contribution is -2.14. The summed E-state index contributed by atoms with van der Waals surface area (Å²) in [5, 5.41) is 3.61. The summed E-state index contributed by atoms with van der Waals surface area (Å²) in [4.78, 5) is 10.4. The summed E-state index contributed by atoms with van der Waals surface area (Å²) in [6.07, 6.45) is 0. The number of hydrogen-bond acceptors (Lipinski definition) is 2. The van der Waals surface area contributed by atoms with Crippen LogP contribution in [0.15, 0.2) is 152 Å². The molecule has 2 aromatic heterocycles. The van der Waals surface area contributed by atoms with E-state index >= 15 is 0 Å². The van der Waals surface area contributed by atoms with Crippen molar-refractivity contribution in [3.63, 3.8) is 0 Å². The lowest BCUT2D eigenvalue weighted by molar-refractivity contribution is 0.660. The Bertz CT molecular complexity index is 3000. The fourth-order valence-corrected chi connectivity index (χ4v) is 9.48. The molecule has 3 nitrogen and oxygen atoms in total. The summed E-state index contributed by atoms with van der Waals surface area (Å²) < 4.78 is 2.42. The van der Waals surface area contributed by atoms with Crippen LogP contribution in [0.5, 0.6) is 0 Å². The molecule has 0 amide bonds. The van der Waals surface area contributed by atoms with Crippen molar-refractivity contribution in [2.24, 2.45) is 0 Å². The monoisotopic (exact) mass is 679 g/mol. The van der Waals surface area contributed by atoms with E-state index in [1.54, 1.807) is 0 Å². The number of nitrogens with zero attached hydrogens (tertiary/aromatic N) is 3. The molecule has 0 N–H and O–H groups in total. The van der Waals surface area contributed by atoms with Crippen molar-refractivity contribution in [2.75, 3.05) is 0 Å². The van der Waals surface area contributed by atoms with Crippen LogP contribution < -0.4 is 0 Å². The summed E-state index contributed by atoms with van der Waals surface area (Å²) in [5.41, 5.74) is 18.2. The fourth-order valence-electron chi connectivity index (χ4n) is 9.48. The molecule has 252 valence electrons. The predicted octanol–water partition coefficient (Wildman–Crippen LogP) is 12.7. The Morgan fingerprint density at radius 1 is 0.415 bits per heavy atom. The van der Waals surface area contributed by atoms with Crippen LogP contribution in [0.2, 0.25) is 0 Å². The van der Waals surface area contributed by atoms with Crippen LogP contribution in [0.25, 0.3) is 83.3 Å². The van der Waals surface area contributed by atoms with Crippen molar-refractivity contribution < 1.29 is 0 Å². The third-order valence-electron chi connectivity index (χ3n) is 12.2. The first-order valence-corrected chi connectivity index (χ1v) is 18.6. The summed E-state index contributed by atoms with van der Waals surface area (Å²) >= 11 is 0. The van der Waals surface area contributed by atoms with Gasteiger partial charge in [-0.2, -0.15) is 0 Å². The van der Waals surface area contributed by atoms with Crippen molar-refractivity contribution in [1.82, 2.24) is 14.5 Å². The number of hydrogen-bond donors (Lipinski definition) is 0. The molecule has 2 aliphatic rings. The van der Waals surface area contributed by atoms with Crippen molar-refractivity contribution in [3.8, 4) is 50.6 Å². The minimum absolute atomic E-state index is 0.0509. The van der Waals surface area contributed by atoms with Crippen LogP contribution in [-0.2, 0) is 10.8 Å². The van der Waals surface area contributed by atoms with Gasteiger partial charge in [0.15, 0.2) is 5.82 Å². The van der Waals surface area contributed by atoms with Gasteiger partial charge in [-0.1, -0.05) is 125 Å². The van der Waals surface area contributed by atoms with Gasteiger partial charge in [-0.05, 0) is 99.1 Å². The van der Waals surface area contributed by atoms with Gasteiger partial charge in [0.05, 0.1) is 22.2 Å². The van der Waals surface area contributed by atoms with Crippen LogP contribution in [-0.4, -0.2) is 14.5 Å². The minimum atomic E-state index is -0.0874. The van der Waals surface area contributed by atoms with E-state index < -0.39 is 0 Å². The van der Waals surface area contributed by atoms with Gasteiger partial charge < -0.3 is 4.57 Å². The van der Waals surface area contributed by atoms with E-state index in [0.29, 0.717) is 0 Å². The van der Waals surface area contributed by atoms with E-state index in [2.05, 4.69) is 184 Å². The van der Waals surface area contributed by atoms with Crippen LogP contribution in [0.1, 0.15) is 49.9 Å². The van der Waals surface area contributed by atoms with E-state index in [0.717, 1.165) is 39.2 Å². The Labute approximate surface area is 309 Å². The van der Waals surface area contributed by atoms with E-state index in [1.807, 2.05) is 0 Å². The van der Waals surface area contributed by atoms with Crippen molar-refractivity contribution in [1.29, 1.82) is 0 Å². The normalized spacial score (nSPS) is 14.7. The van der Waals surface area contributed by atoms with Gasteiger partial charge in [0, 0.05) is 43.8 Å². The zero-order valence-corrected chi connectivity index (χ0v) is 30.3. The zero-order chi connectivity index (χ0) is 35.6. The zero-order valence-electron chi connectivity index (χ0n) is 30.3. The molecule has 0 unspecified atom stereocenters. The standard InChI is InChI=1S/C50H37N3/c1-49(2)40-17-9-5-13-33(40)35-26-23-31(27-42(35)49)47-37-16-7-11-19-44(37)51-48(52-47)30-21-24-32(25-22-30)53-45-20-12-8-15-36(45)39-28-43-38(29-46(39)53)34-14-6-10-18-41(34)50(43,3)4/h5-29H,1-4H3. The molecule has 0 saturated carbocycles. The second kappa shape index (κ2) is 10.6. The number of rotatable bonds is 3. The second-order valence-electron chi connectivity index (χ2n) is 15.8. The first-order valence-electron chi connectivity index (χ1n) is 18.6. The average Bonchev–Trinajstić information content (AvgIpc) is 3.73. The highest BCUT2D eigenvalue weighted by molar-refractivity contribution is 6.11. The summed E-state index contributed by atoms with van der Waals surface area (Å²) in [6, 6.07) is 55.4. The SMILES string of the molecule is CC1(C)c2ccccc2-c2ccc(-c3nc(-c4ccc(-n5c6ccccc6c6cc7c(cc65)-c5ccccc5C7(C)C)cc4)nc4ccccc34)cc21. The molecule has 0 atom stereocenters. The van der Waals surface area contributed by atoms with Gasteiger partial charge in [-0.15, -0.1) is 0 Å². The van der Waals surface area contributed by atoms with Gasteiger partial charge in [-0.25, -0.2) is 9.97 Å². The van der Waals surface area contributed by atoms with Crippen molar-refractivity contribution in [3.05, 3.63) is 174 Å². The maximum Gasteiger partial charge on any atom is 0.160 e. The third-order valence-corrected chi connectivity index (χ3v) is 12.2. The van der Waals surface area contributed by atoms with Gasteiger partial charge in [0.1, 0.15) is 0 Å². The highest BCUT2D eigenvalue weighted by Gasteiger charge is 2.37. The number of aromatic nitrogens is 3. The molecule has 0 spiro atoms. The van der Waals surface area contributed by atoms with Crippen LogP contribution in [0.4, 0.5) is 0 Å². The predicted molar refractivity (Wildman–Crippen MR) is 220 cm³/mol. The molecule has 7 aromatic carbocycles. The average molecular weight is 680 g/mol. The first kappa shape index (κ1) is 30.3. The van der Waals surface area contributed by atoms with Gasteiger partial charge >= 0.3 is 0 Å². The Balaban J connectivity index is 1.05. The highest BCUT2D eigenvalue weighted by atomic mass is 15.0. The molecule has 9 aromatic rings. The van der Waals surface area contributed by atoms with Crippen molar-refractivity contribution in [2.45, 2.75) is 38.5 Å². The summed E-state index contributed by atoms with van der Waals surface area (Å²) in [6.45, 7) is 9.37. The molecule has 0 saturated heterocycles. The molecule has 11 rings (SSSR count). The van der Waals surface area contributed by atoms with Crippen LogP contribution in [0.3, 0.4) is 0 Å². The molecule has 0 bridgehead atoms. The van der Waals surface area contributed by atoms with E-state index in [1.165, 1.54) is 66.3 Å². The Hall–Kier alpha value is -6.32. The maximum atomic E-state index is 5.31. The summed E-state index contributed by atoms with van der Waals surface area (Å²) in [7, 11) is 0. The largest absolute Gasteiger partial charge is 0.309 e. The second-order valence-corrected chi connectivity index (χ2v) is 15.8. The quantitative estimate of drug-likeness (QED) is 0.186. The van der Waals surface area contributed by atoms with E-state index in [4.69, 9.17) is 9.97 Å². The number of fused-ring (bicyclic) bond motifs is 10. The smallest absolute Gasteiger partial charge is 0.160 e. The molecule has 0 aliphatic heterocycles. The first-order chi connectivity index (χ1) is 25.8. The molecule has 2 heterocycles. The lowest BCUT2D eigenvalue weighted by atomic mass is 9.82. The third kappa shape index (κ3) is 4.16. The number of benzene rings is 7. The van der Waals surface area contributed by atoms with Gasteiger partial charge in [0.2, 0.25) is 0 Å². The van der Waals surface area contributed by atoms with E-state index in [-0.39, 0.29) is 10.8 Å². The topological polar surface area (TPSA) is 30.7 Å². The Morgan fingerprint density at radius 2 is 1.00 bits per heavy atom. The minimum Gasteiger partial charge on any atom is -0.309 e. The molecule has 3 heteroatoms. The molecule has 2 aliphatic carbocycles. The molecule has 0 fully saturated rings. The molecular formula is C50H37N3. The van der Waals surface area contributed by atoms with Crippen LogP contribution >= 0.6 is 0 Å².